The Bertz CT molecular complexity index is 800. The maximum atomic E-state index is 12.1. The molecule has 0 fully saturated rings. The molecule has 2 aromatic rings. The largest absolute Gasteiger partial charge is 0.381 e. The van der Waals surface area contributed by atoms with Crippen molar-refractivity contribution < 1.29 is 9.59 Å². The maximum Gasteiger partial charge on any atom is 0.261 e. The molecule has 0 bridgehead atoms. The standard InChI is InChI=1S/C15H12Cl2N2O2/c1-6(2)18-13-11-10(14(20)19-15(11)21)7-4-3-5-8(16)9(7)12(13)17/h3-6,18H,1-2H3,(H,19,20,21). The van der Waals surface area contributed by atoms with Crippen molar-refractivity contribution in [2.24, 2.45) is 0 Å². The van der Waals surface area contributed by atoms with Crippen molar-refractivity contribution >= 4 is 51.5 Å². The van der Waals surface area contributed by atoms with E-state index in [1.54, 1.807) is 18.2 Å². The van der Waals surface area contributed by atoms with Crippen LogP contribution in [-0.2, 0) is 0 Å². The van der Waals surface area contributed by atoms with E-state index in [2.05, 4.69) is 10.6 Å². The van der Waals surface area contributed by atoms with Crippen molar-refractivity contribution in [2.75, 3.05) is 5.32 Å². The number of carbonyl (C=O) groups is 2. The van der Waals surface area contributed by atoms with Gasteiger partial charge in [-0.3, -0.25) is 14.9 Å². The molecule has 1 aliphatic heterocycles. The number of fused-ring (bicyclic) bond motifs is 3. The number of amides is 2. The van der Waals surface area contributed by atoms with Crippen LogP contribution in [0.2, 0.25) is 10.0 Å². The number of hydrogen-bond acceptors (Lipinski definition) is 3. The van der Waals surface area contributed by atoms with Gasteiger partial charge >= 0.3 is 0 Å². The Kier molecular flexibility index (Phi) is 3.30. The van der Waals surface area contributed by atoms with E-state index in [0.717, 1.165) is 0 Å². The number of anilines is 1. The van der Waals surface area contributed by atoms with E-state index in [0.29, 0.717) is 32.1 Å². The predicted molar refractivity (Wildman–Crippen MR) is 84.5 cm³/mol. The van der Waals surface area contributed by atoms with Crippen LogP contribution in [-0.4, -0.2) is 17.9 Å². The normalized spacial score (nSPS) is 13.8. The van der Waals surface area contributed by atoms with Gasteiger partial charge in [0.1, 0.15) is 0 Å². The van der Waals surface area contributed by atoms with Crippen LogP contribution in [0.1, 0.15) is 34.6 Å². The van der Waals surface area contributed by atoms with E-state index < -0.39 is 11.8 Å². The molecule has 0 aromatic heterocycles. The fourth-order valence-electron chi connectivity index (χ4n) is 2.57. The molecule has 4 nitrogen and oxygen atoms in total. The van der Waals surface area contributed by atoms with Crippen LogP contribution in [0.3, 0.4) is 0 Å². The van der Waals surface area contributed by atoms with Gasteiger partial charge in [-0.15, -0.1) is 0 Å². The minimum atomic E-state index is -0.443. The molecule has 0 spiro atoms. The lowest BCUT2D eigenvalue weighted by molar-refractivity contribution is 0.0880. The molecule has 2 aromatic carbocycles. The van der Waals surface area contributed by atoms with Crippen LogP contribution >= 0.6 is 23.2 Å². The molecule has 0 aliphatic carbocycles. The first kappa shape index (κ1) is 14.2. The van der Waals surface area contributed by atoms with Crippen molar-refractivity contribution in [3.8, 4) is 0 Å². The third-order valence-electron chi connectivity index (χ3n) is 3.34. The summed E-state index contributed by atoms with van der Waals surface area (Å²) in [7, 11) is 0. The summed E-state index contributed by atoms with van der Waals surface area (Å²) in [5.74, 6) is -0.868. The molecule has 0 atom stereocenters. The van der Waals surface area contributed by atoms with Crippen molar-refractivity contribution in [3.05, 3.63) is 39.4 Å². The summed E-state index contributed by atoms with van der Waals surface area (Å²) in [6, 6.07) is 5.22. The number of carbonyl (C=O) groups excluding carboxylic acids is 2. The molecule has 108 valence electrons. The zero-order valence-electron chi connectivity index (χ0n) is 11.4. The minimum Gasteiger partial charge on any atom is -0.381 e. The SMILES string of the molecule is CC(C)Nc1c2c(c3cccc(Cl)c3c1Cl)C(=O)NC2=O. The first-order chi connectivity index (χ1) is 9.91. The number of nitrogens with one attached hydrogen (secondary N) is 2. The summed E-state index contributed by atoms with van der Waals surface area (Å²) >= 11 is 12.7. The van der Waals surface area contributed by atoms with E-state index >= 15 is 0 Å². The highest BCUT2D eigenvalue weighted by Crippen LogP contribution is 2.42. The Balaban J connectivity index is 2.49. The number of rotatable bonds is 2. The topological polar surface area (TPSA) is 58.2 Å². The second-order valence-corrected chi connectivity index (χ2v) is 5.97. The molecule has 21 heavy (non-hydrogen) atoms. The molecule has 0 saturated carbocycles. The third kappa shape index (κ3) is 2.06. The second-order valence-electron chi connectivity index (χ2n) is 5.18. The number of halogens is 2. The Labute approximate surface area is 131 Å². The van der Waals surface area contributed by atoms with Gasteiger partial charge in [0.2, 0.25) is 0 Å². The van der Waals surface area contributed by atoms with E-state index in [1.807, 2.05) is 13.8 Å². The molecule has 1 aliphatic rings. The lowest BCUT2D eigenvalue weighted by Crippen LogP contribution is -2.20. The summed E-state index contributed by atoms with van der Waals surface area (Å²) in [4.78, 5) is 24.2. The van der Waals surface area contributed by atoms with E-state index in [-0.39, 0.29) is 11.6 Å². The summed E-state index contributed by atoms with van der Waals surface area (Å²) in [5, 5.41) is 7.41. The van der Waals surface area contributed by atoms with Crippen molar-refractivity contribution in [1.82, 2.24) is 5.32 Å². The zero-order valence-corrected chi connectivity index (χ0v) is 12.9. The van der Waals surface area contributed by atoms with Gasteiger partial charge in [-0.2, -0.15) is 0 Å². The molecule has 0 radical (unpaired) electrons. The average Bonchev–Trinajstić information content (AvgIpc) is 2.69. The first-order valence-electron chi connectivity index (χ1n) is 6.47. The van der Waals surface area contributed by atoms with Crippen molar-refractivity contribution in [3.63, 3.8) is 0 Å². The molecule has 2 N–H and O–H groups in total. The summed E-state index contributed by atoms with van der Waals surface area (Å²) in [6.45, 7) is 3.85. The van der Waals surface area contributed by atoms with Crippen LogP contribution in [0.4, 0.5) is 5.69 Å². The highest BCUT2D eigenvalue weighted by atomic mass is 35.5. The van der Waals surface area contributed by atoms with Gasteiger partial charge in [-0.05, 0) is 25.3 Å². The molecule has 0 saturated heterocycles. The highest BCUT2D eigenvalue weighted by molar-refractivity contribution is 6.46. The Morgan fingerprint density at radius 1 is 1.10 bits per heavy atom. The van der Waals surface area contributed by atoms with E-state index in [9.17, 15) is 9.59 Å². The van der Waals surface area contributed by atoms with Gasteiger partial charge in [0.25, 0.3) is 11.8 Å². The zero-order chi connectivity index (χ0) is 15.3. The lowest BCUT2D eigenvalue weighted by atomic mass is 9.98. The van der Waals surface area contributed by atoms with Gasteiger partial charge in [-0.1, -0.05) is 35.3 Å². The quantitative estimate of drug-likeness (QED) is 0.825. The van der Waals surface area contributed by atoms with E-state index in [4.69, 9.17) is 23.2 Å². The van der Waals surface area contributed by atoms with Crippen LogP contribution in [0, 0.1) is 0 Å². The van der Waals surface area contributed by atoms with Crippen LogP contribution in [0.15, 0.2) is 18.2 Å². The average molecular weight is 323 g/mol. The van der Waals surface area contributed by atoms with Crippen molar-refractivity contribution in [1.29, 1.82) is 0 Å². The fraction of sp³-hybridized carbons (Fsp3) is 0.200. The smallest absolute Gasteiger partial charge is 0.261 e. The third-order valence-corrected chi connectivity index (χ3v) is 4.03. The highest BCUT2D eigenvalue weighted by Gasteiger charge is 2.34. The fourth-order valence-corrected chi connectivity index (χ4v) is 3.24. The van der Waals surface area contributed by atoms with Crippen LogP contribution < -0.4 is 10.6 Å². The van der Waals surface area contributed by atoms with Crippen molar-refractivity contribution in [2.45, 2.75) is 19.9 Å². The van der Waals surface area contributed by atoms with Gasteiger partial charge in [-0.25, -0.2) is 0 Å². The summed E-state index contributed by atoms with van der Waals surface area (Å²) in [6.07, 6.45) is 0. The number of benzene rings is 2. The number of hydrogen-bond donors (Lipinski definition) is 2. The predicted octanol–water partition coefficient (Wildman–Crippen LogP) is 3.85. The molecule has 2 amide bonds. The van der Waals surface area contributed by atoms with Crippen LogP contribution in [0.5, 0.6) is 0 Å². The molecular formula is C15H12Cl2N2O2. The van der Waals surface area contributed by atoms with Crippen LogP contribution in [0.25, 0.3) is 10.8 Å². The monoisotopic (exact) mass is 322 g/mol. The molecule has 1 heterocycles. The Hall–Kier alpha value is -1.78. The van der Waals surface area contributed by atoms with Gasteiger partial charge in [0, 0.05) is 16.5 Å². The summed E-state index contributed by atoms with van der Waals surface area (Å²) < 4.78 is 0. The van der Waals surface area contributed by atoms with Gasteiger partial charge in [0.05, 0.1) is 21.8 Å². The minimum absolute atomic E-state index is 0.0510. The maximum absolute atomic E-state index is 12.1. The van der Waals surface area contributed by atoms with E-state index in [1.165, 1.54) is 0 Å². The summed E-state index contributed by atoms with van der Waals surface area (Å²) in [5.41, 5.74) is 1.06. The Morgan fingerprint density at radius 3 is 2.43 bits per heavy atom. The number of imide groups is 1. The first-order valence-corrected chi connectivity index (χ1v) is 7.23. The van der Waals surface area contributed by atoms with Gasteiger partial charge in [0.15, 0.2) is 0 Å². The lowest BCUT2D eigenvalue weighted by Gasteiger charge is -2.17. The molecule has 6 heteroatoms. The molecule has 0 unspecified atom stereocenters. The van der Waals surface area contributed by atoms with Gasteiger partial charge < -0.3 is 5.32 Å². The molecule has 3 rings (SSSR count). The molecular weight excluding hydrogens is 311 g/mol. The Morgan fingerprint density at radius 2 is 1.76 bits per heavy atom. The second kappa shape index (κ2) is 4.90.